The van der Waals surface area contributed by atoms with Gasteiger partial charge in [0.1, 0.15) is 0 Å². The van der Waals surface area contributed by atoms with E-state index in [4.69, 9.17) is 14.2 Å². The van der Waals surface area contributed by atoms with Gasteiger partial charge in [0.15, 0.2) is 11.5 Å². The third-order valence-corrected chi connectivity index (χ3v) is 6.06. The summed E-state index contributed by atoms with van der Waals surface area (Å²) < 4.78 is 44.0. The van der Waals surface area contributed by atoms with E-state index in [9.17, 15) is 8.42 Å². The molecular formula is C20H26N2O5S. The number of ether oxygens (including phenoxy) is 3. The van der Waals surface area contributed by atoms with E-state index in [1.807, 2.05) is 18.2 Å². The van der Waals surface area contributed by atoms with Crippen LogP contribution >= 0.6 is 0 Å². The third kappa shape index (κ3) is 5.23. The first-order chi connectivity index (χ1) is 13.5. The zero-order valence-electron chi connectivity index (χ0n) is 16.1. The summed E-state index contributed by atoms with van der Waals surface area (Å²) in [5, 5.41) is 0. The molecule has 0 radical (unpaired) electrons. The first kappa shape index (κ1) is 20.6. The molecule has 0 saturated carbocycles. The van der Waals surface area contributed by atoms with Crippen molar-refractivity contribution in [3.63, 3.8) is 0 Å². The van der Waals surface area contributed by atoms with Crippen LogP contribution in [0.5, 0.6) is 11.5 Å². The fourth-order valence-corrected chi connectivity index (χ4v) is 4.24. The normalized spacial score (nSPS) is 18.0. The van der Waals surface area contributed by atoms with Gasteiger partial charge < -0.3 is 14.2 Å². The molecule has 1 N–H and O–H groups in total. The van der Waals surface area contributed by atoms with Gasteiger partial charge in [0.25, 0.3) is 0 Å². The van der Waals surface area contributed by atoms with E-state index in [0.29, 0.717) is 24.7 Å². The standard InChI is InChI=1S/C20H26N2O5S/c1-25-19-9-8-18(12-20(19)26-2)28(23,24)21-13-17-15-22(10-11-27-17)14-16-6-4-3-5-7-16/h3-9,12,17,21H,10-11,13-15H2,1-2H3. The first-order valence-corrected chi connectivity index (χ1v) is 10.6. The molecule has 7 nitrogen and oxygen atoms in total. The molecular weight excluding hydrogens is 380 g/mol. The smallest absolute Gasteiger partial charge is 0.240 e. The average molecular weight is 407 g/mol. The molecule has 0 spiro atoms. The second-order valence-corrected chi connectivity index (χ2v) is 8.35. The van der Waals surface area contributed by atoms with E-state index in [1.165, 1.54) is 31.9 Å². The van der Waals surface area contributed by atoms with E-state index in [1.54, 1.807) is 6.07 Å². The van der Waals surface area contributed by atoms with Crippen molar-refractivity contribution in [3.05, 3.63) is 54.1 Å². The Labute approximate surface area is 166 Å². The van der Waals surface area contributed by atoms with E-state index >= 15 is 0 Å². The van der Waals surface area contributed by atoms with Crippen LogP contribution in [-0.2, 0) is 21.3 Å². The van der Waals surface area contributed by atoms with Crippen molar-refractivity contribution in [1.82, 2.24) is 9.62 Å². The summed E-state index contributed by atoms with van der Waals surface area (Å²) in [6.45, 7) is 3.11. The molecule has 1 atom stereocenters. The number of nitrogens with zero attached hydrogens (tertiary/aromatic N) is 1. The maximum Gasteiger partial charge on any atom is 0.240 e. The molecule has 1 aliphatic heterocycles. The van der Waals surface area contributed by atoms with Crippen molar-refractivity contribution in [1.29, 1.82) is 0 Å². The molecule has 1 heterocycles. The number of hydrogen-bond acceptors (Lipinski definition) is 6. The molecule has 2 aromatic rings. The second-order valence-electron chi connectivity index (χ2n) is 6.58. The fraction of sp³-hybridized carbons (Fsp3) is 0.400. The quantitative estimate of drug-likeness (QED) is 0.721. The summed E-state index contributed by atoms with van der Waals surface area (Å²) in [4.78, 5) is 2.40. The summed E-state index contributed by atoms with van der Waals surface area (Å²) in [6, 6.07) is 14.7. The number of methoxy groups -OCH3 is 2. The Morgan fingerprint density at radius 2 is 1.86 bits per heavy atom. The Morgan fingerprint density at radius 1 is 1.11 bits per heavy atom. The number of morpholine rings is 1. The van der Waals surface area contributed by atoms with Crippen LogP contribution < -0.4 is 14.2 Å². The Bertz CT molecular complexity index is 873. The molecule has 1 fully saturated rings. The number of hydrogen-bond donors (Lipinski definition) is 1. The minimum absolute atomic E-state index is 0.127. The van der Waals surface area contributed by atoms with Gasteiger partial charge in [-0.15, -0.1) is 0 Å². The Kier molecular flexibility index (Phi) is 6.90. The first-order valence-electron chi connectivity index (χ1n) is 9.11. The predicted molar refractivity (Wildman–Crippen MR) is 106 cm³/mol. The maximum atomic E-state index is 12.6. The minimum Gasteiger partial charge on any atom is -0.493 e. The zero-order valence-corrected chi connectivity index (χ0v) is 16.9. The largest absolute Gasteiger partial charge is 0.493 e. The molecule has 0 amide bonds. The molecule has 1 aliphatic rings. The summed E-state index contributed by atoms with van der Waals surface area (Å²) >= 11 is 0. The van der Waals surface area contributed by atoms with Crippen LogP contribution in [0.25, 0.3) is 0 Å². The molecule has 0 aliphatic carbocycles. The van der Waals surface area contributed by atoms with Gasteiger partial charge in [-0.2, -0.15) is 0 Å². The van der Waals surface area contributed by atoms with E-state index in [-0.39, 0.29) is 17.5 Å². The lowest BCUT2D eigenvalue weighted by Gasteiger charge is -2.33. The van der Waals surface area contributed by atoms with E-state index in [0.717, 1.165) is 13.1 Å². The SMILES string of the molecule is COc1ccc(S(=O)(=O)NCC2CN(Cc3ccccc3)CCO2)cc1OC. The molecule has 0 aromatic heterocycles. The van der Waals surface area contributed by atoms with Crippen molar-refractivity contribution in [2.75, 3.05) is 40.5 Å². The van der Waals surface area contributed by atoms with Crippen LogP contribution in [0, 0.1) is 0 Å². The van der Waals surface area contributed by atoms with Gasteiger partial charge in [-0.1, -0.05) is 30.3 Å². The molecule has 1 saturated heterocycles. The average Bonchev–Trinajstić information content (AvgIpc) is 2.73. The van der Waals surface area contributed by atoms with Crippen molar-refractivity contribution in [3.8, 4) is 11.5 Å². The van der Waals surface area contributed by atoms with Crippen molar-refractivity contribution in [2.45, 2.75) is 17.5 Å². The van der Waals surface area contributed by atoms with Crippen molar-refractivity contribution >= 4 is 10.0 Å². The predicted octanol–water partition coefficient (Wildman–Crippen LogP) is 1.88. The number of sulfonamides is 1. The lowest BCUT2D eigenvalue weighted by Crippen LogP contribution is -2.47. The molecule has 152 valence electrons. The van der Waals surface area contributed by atoms with Crippen molar-refractivity contribution in [2.24, 2.45) is 0 Å². The van der Waals surface area contributed by atoms with Gasteiger partial charge in [0, 0.05) is 32.2 Å². The van der Waals surface area contributed by atoms with Crippen LogP contribution in [-0.4, -0.2) is 59.9 Å². The molecule has 28 heavy (non-hydrogen) atoms. The van der Waals surface area contributed by atoms with Gasteiger partial charge in [0.05, 0.1) is 31.8 Å². The summed E-state index contributed by atoms with van der Waals surface area (Å²) in [5.74, 6) is 0.849. The zero-order chi connectivity index (χ0) is 20.0. The highest BCUT2D eigenvalue weighted by molar-refractivity contribution is 7.89. The van der Waals surface area contributed by atoms with Crippen LogP contribution in [0.1, 0.15) is 5.56 Å². The van der Waals surface area contributed by atoms with Gasteiger partial charge in [-0.05, 0) is 17.7 Å². The van der Waals surface area contributed by atoms with Crippen LogP contribution in [0.4, 0.5) is 0 Å². The molecule has 2 aromatic carbocycles. The second kappa shape index (κ2) is 9.38. The van der Waals surface area contributed by atoms with E-state index in [2.05, 4.69) is 21.8 Å². The Hall–Kier alpha value is -2.13. The monoisotopic (exact) mass is 406 g/mol. The van der Waals surface area contributed by atoms with Crippen molar-refractivity contribution < 1.29 is 22.6 Å². The van der Waals surface area contributed by atoms with Gasteiger partial charge in [-0.25, -0.2) is 13.1 Å². The topological polar surface area (TPSA) is 77.1 Å². The lowest BCUT2D eigenvalue weighted by molar-refractivity contribution is -0.0276. The van der Waals surface area contributed by atoms with Gasteiger partial charge in [0.2, 0.25) is 10.0 Å². The Balaban J connectivity index is 1.59. The van der Waals surface area contributed by atoms with E-state index < -0.39 is 10.0 Å². The summed E-state index contributed by atoms with van der Waals surface area (Å²) in [7, 11) is -0.701. The van der Waals surface area contributed by atoms with Gasteiger partial charge in [-0.3, -0.25) is 4.90 Å². The number of rotatable bonds is 8. The van der Waals surface area contributed by atoms with Crippen LogP contribution in [0.3, 0.4) is 0 Å². The maximum absolute atomic E-state index is 12.6. The highest BCUT2D eigenvalue weighted by Crippen LogP contribution is 2.29. The third-order valence-electron chi connectivity index (χ3n) is 4.64. The molecule has 8 heteroatoms. The lowest BCUT2D eigenvalue weighted by atomic mass is 10.2. The highest BCUT2D eigenvalue weighted by atomic mass is 32.2. The fourth-order valence-electron chi connectivity index (χ4n) is 3.16. The summed E-state index contributed by atoms with van der Waals surface area (Å²) in [6.07, 6.45) is -0.201. The molecule has 3 rings (SSSR count). The molecule has 1 unspecified atom stereocenters. The summed E-state index contributed by atoms with van der Waals surface area (Å²) in [5.41, 5.74) is 1.23. The highest BCUT2D eigenvalue weighted by Gasteiger charge is 2.24. The van der Waals surface area contributed by atoms with Gasteiger partial charge >= 0.3 is 0 Å². The van der Waals surface area contributed by atoms with Crippen LogP contribution in [0.2, 0.25) is 0 Å². The minimum atomic E-state index is -3.68. The molecule has 0 bridgehead atoms. The Morgan fingerprint density at radius 3 is 2.57 bits per heavy atom. The number of benzene rings is 2. The van der Waals surface area contributed by atoms with Crippen LogP contribution in [0.15, 0.2) is 53.4 Å². The number of nitrogens with one attached hydrogen (secondary N) is 1.